The van der Waals surface area contributed by atoms with Gasteiger partial charge in [0.1, 0.15) is 0 Å². The Kier molecular flexibility index (Phi) is 5.58. The van der Waals surface area contributed by atoms with Gasteiger partial charge in [0.25, 0.3) is 0 Å². The number of aryl methyl sites for hydroxylation is 1. The summed E-state index contributed by atoms with van der Waals surface area (Å²) in [6.07, 6.45) is -0.305. The van der Waals surface area contributed by atoms with Crippen LogP contribution < -0.4 is 0 Å². The van der Waals surface area contributed by atoms with E-state index >= 15 is 0 Å². The van der Waals surface area contributed by atoms with E-state index in [0.717, 1.165) is 17.4 Å². The molecule has 1 aromatic carbocycles. The maximum absolute atomic E-state index is 12.3. The molecule has 0 bridgehead atoms. The summed E-state index contributed by atoms with van der Waals surface area (Å²) in [5.74, 6) is 0.201. The highest BCUT2D eigenvalue weighted by molar-refractivity contribution is 6.00. The third-order valence-corrected chi connectivity index (χ3v) is 4.50. The Bertz CT molecular complexity index is 735. The molecule has 0 atom stereocenters. The molecule has 3 rings (SSSR count). The van der Waals surface area contributed by atoms with Crippen LogP contribution in [0.15, 0.2) is 18.3 Å². The van der Waals surface area contributed by atoms with Crippen molar-refractivity contribution in [2.24, 2.45) is 5.92 Å². The highest BCUT2D eigenvalue weighted by Gasteiger charge is 2.28. The van der Waals surface area contributed by atoms with Crippen LogP contribution in [0.2, 0.25) is 0 Å². The van der Waals surface area contributed by atoms with E-state index in [-0.39, 0.29) is 12.4 Å². The molecule has 0 N–H and O–H groups in total. The summed E-state index contributed by atoms with van der Waals surface area (Å²) in [5.41, 5.74) is 1.83. The molecule has 3 nitrogen and oxygen atoms in total. The lowest BCUT2D eigenvalue weighted by Crippen LogP contribution is -2.18. The molecule has 1 heterocycles. The van der Waals surface area contributed by atoms with Crippen LogP contribution in [-0.4, -0.2) is 21.7 Å². The minimum atomic E-state index is -4.30. The van der Waals surface area contributed by atoms with Gasteiger partial charge in [-0.2, -0.15) is 18.3 Å². The predicted molar refractivity (Wildman–Crippen MR) is 88.7 cm³/mol. The fraction of sp³-hybridized carbons (Fsp3) is 0.529. The Morgan fingerprint density at radius 2 is 2.04 bits per heavy atom. The molecule has 1 aliphatic rings. The van der Waals surface area contributed by atoms with Crippen molar-refractivity contribution in [2.45, 2.75) is 51.7 Å². The summed E-state index contributed by atoms with van der Waals surface area (Å²) >= 11 is 0. The first-order chi connectivity index (χ1) is 10.8. The van der Waals surface area contributed by atoms with E-state index in [4.69, 9.17) is 0 Å². The van der Waals surface area contributed by atoms with E-state index in [0.29, 0.717) is 17.0 Å². The third-order valence-electron chi connectivity index (χ3n) is 4.50. The van der Waals surface area contributed by atoms with E-state index in [1.807, 2.05) is 10.9 Å². The normalized spacial score (nSPS) is 15.2. The van der Waals surface area contributed by atoms with Crippen molar-refractivity contribution in [1.82, 2.24) is 9.78 Å². The van der Waals surface area contributed by atoms with Gasteiger partial charge in [-0.1, -0.05) is 6.42 Å². The molecule has 1 aromatic heterocycles. The molecule has 1 saturated carbocycles. The number of halogens is 4. The van der Waals surface area contributed by atoms with Gasteiger partial charge in [-0.25, -0.2) is 0 Å². The van der Waals surface area contributed by atoms with E-state index in [1.54, 1.807) is 19.1 Å². The number of hydrogen-bond donors (Lipinski definition) is 0. The standard InChI is InChI=1S/C17H19F3N2O.ClH/c1-11-7-15-13(10-22(21-15)9-12-3-2-4-12)8-14(11)16(23)5-6-17(18,19)20;/h7-8,10,12H,2-6,9H2,1H3;1H. The molecule has 0 saturated heterocycles. The summed E-state index contributed by atoms with van der Waals surface area (Å²) in [4.78, 5) is 12.1. The lowest BCUT2D eigenvalue weighted by molar-refractivity contribution is -0.133. The highest BCUT2D eigenvalue weighted by atomic mass is 35.5. The van der Waals surface area contributed by atoms with Crippen LogP contribution in [0.4, 0.5) is 13.2 Å². The first-order valence-corrected chi connectivity index (χ1v) is 7.89. The largest absolute Gasteiger partial charge is 0.389 e. The SMILES string of the molecule is Cc1cc2nn(CC3CCC3)cc2cc1C(=O)CCC(F)(F)F.Cl. The van der Waals surface area contributed by atoms with Crippen LogP contribution in [0.1, 0.15) is 48.0 Å². The fourth-order valence-corrected chi connectivity index (χ4v) is 2.95. The second kappa shape index (κ2) is 7.13. The third kappa shape index (κ3) is 4.29. The smallest absolute Gasteiger partial charge is 0.294 e. The van der Waals surface area contributed by atoms with Crippen LogP contribution in [-0.2, 0) is 6.54 Å². The molecule has 0 aliphatic heterocycles. The van der Waals surface area contributed by atoms with Gasteiger partial charge in [0.15, 0.2) is 5.78 Å². The van der Waals surface area contributed by atoms with Crippen molar-refractivity contribution >= 4 is 29.1 Å². The van der Waals surface area contributed by atoms with Gasteiger partial charge in [-0.05, 0) is 43.4 Å². The van der Waals surface area contributed by atoms with Crippen molar-refractivity contribution in [2.75, 3.05) is 0 Å². The highest BCUT2D eigenvalue weighted by Crippen LogP contribution is 2.29. The van der Waals surface area contributed by atoms with Gasteiger partial charge < -0.3 is 0 Å². The zero-order valence-corrected chi connectivity index (χ0v) is 14.2. The number of carbonyl (C=O) groups is 1. The molecule has 132 valence electrons. The minimum Gasteiger partial charge on any atom is -0.294 e. The average molecular weight is 361 g/mol. The second-order valence-corrected chi connectivity index (χ2v) is 6.41. The Morgan fingerprint density at radius 3 is 2.62 bits per heavy atom. The fourth-order valence-electron chi connectivity index (χ4n) is 2.95. The molecule has 1 fully saturated rings. The van der Waals surface area contributed by atoms with E-state index in [1.165, 1.54) is 19.3 Å². The van der Waals surface area contributed by atoms with Crippen LogP contribution >= 0.6 is 12.4 Å². The molecular formula is C17H20ClF3N2O. The molecule has 24 heavy (non-hydrogen) atoms. The van der Waals surface area contributed by atoms with Crippen molar-refractivity contribution in [3.63, 3.8) is 0 Å². The molecule has 1 aliphatic carbocycles. The summed E-state index contributed by atoms with van der Waals surface area (Å²) in [6, 6.07) is 3.46. The Hall–Kier alpha value is -1.56. The summed E-state index contributed by atoms with van der Waals surface area (Å²) in [6.45, 7) is 2.61. The number of Topliss-reactive ketones (excluding diaryl/α,β-unsaturated/α-hetero) is 1. The maximum atomic E-state index is 12.3. The minimum absolute atomic E-state index is 0. The quantitative estimate of drug-likeness (QED) is 0.696. The molecule has 0 unspecified atom stereocenters. The van der Waals surface area contributed by atoms with Gasteiger partial charge in [-0.15, -0.1) is 12.4 Å². The van der Waals surface area contributed by atoms with E-state index in [9.17, 15) is 18.0 Å². The molecule has 0 amide bonds. The number of rotatable bonds is 5. The summed E-state index contributed by atoms with van der Waals surface area (Å²) < 4.78 is 38.7. The van der Waals surface area contributed by atoms with Gasteiger partial charge >= 0.3 is 6.18 Å². The van der Waals surface area contributed by atoms with Crippen molar-refractivity contribution in [3.8, 4) is 0 Å². The number of carbonyl (C=O) groups excluding carboxylic acids is 1. The molecular weight excluding hydrogens is 341 g/mol. The first-order valence-electron chi connectivity index (χ1n) is 7.89. The molecule has 7 heteroatoms. The van der Waals surface area contributed by atoms with Crippen molar-refractivity contribution in [3.05, 3.63) is 29.5 Å². The number of benzene rings is 1. The number of nitrogens with zero attached hydrogens (tertiary/aromatic N) is 2. The number of hydrogen-bond acceptors (Lipinski definition) is 2. The predicted octanol–water partition coefficient (Wildman–Crippen LogP) is 5.09. The summed E-state index contributed by atoms with van der Waals surface area (Å²) in [5, 5.41) is 5.32. The van der Waals surface area contributed by atoms with Gasteiger partial charge in [0.2, 0.25) is 0 Å². The number of aromatic nitrogens is 2. The second-order valence-electron chi connectivity index (χ2n) is 6.41. The van der Waals surface area contributed by atoms with E-state index < -0.39 is 24.8 Å². The average Bonchev–Trinajstić information content (AvgIpc) is 2.80. The van der Waals surface area contributed by atoms with Gasteiger partial charge in [0, 0.05) is 30.1 Å². The van der Waals surface area contributed by atoms with Crippen LogP contribution in [0.5, 0.6) is 0 Å². The lowest BCUT2D eigenvalue weighted by atomic mass is 9.85. The zero-order chi connectivity index (χ0) is 16.6. The monoisotopic (exact) mass is 360 g/mol. The topological polar surface area (TPSA) is 34.9 Å². The molecule has 0 spiro atoms. The Labute approximate surface area is 144 Å². The van der Waals surface area contributed by atoms with Crippen LogP contribution in [0.3, 0.4) is 0 Å². The van der Waals surface area contributed by atoms with Gasteiger partial charge in [-0.3, -0.25) is 9.48 Å². The number of alkyl halides is 3. The van der Waals surface area contributed by atoms with Crippen molar-refractivity contribution < 1.29 is 18.0 Å². The Balaban J connectivity index is 0.00000208. The number of ketones is 1. The molecule has 0 radical (unpaired) electrons. The van der Waals surface area contributed by atoms with Crippen LogP contribution in [0.25, 0.3) is 10.9 Å². The number of fused-ring (bicyclic) bond motifs is 1. The van der Waals surface area contributed by atoms with E-state index in [2.05, 4.69) is 5.10 Å². The lowest BCUT2D eigenvalue weighted by Gasteiger charge is -2.24. The molecule has 2 aromatic rings. The zero-order valence-electron chi connectivity index (χ0n) is 13.4. The summed E-state index contributed by atoms with van der Waals surface area (Å²) in [7, 11) is 0. The first kappa shape index (κ1) is 18.8. The van der Waals surface area contributed by atoms with Crippen molar-refractivity contribution in [1.29, 1.82) is 0 Å². The van der Waals surface area contributed by atoms with Gasteiger partial charge in [0.05, 0.1) is 11.9 Å². The maximum Gasteiger partial charge on any atom is 0.389 e. The van der Waals surface area contributed by atoms with Crippen LogP contribution in [0, 0.1) is 12.8 Å². The Morgan fingerprint density at radius 1 is 1.33 bits per heavy atom.